The molecule has 29 heavy (non-hydrogen) atoms. The molecule has 5 rings (SSSR count). The van der Waals surface area contributed by atoms with E-state index >= 15 is 0 Å². The Balaban J connectivity index is 1.43. The van der Waals surface area contributed by atoms with Crippen molar-refractivity contribution in [1.29, 1.82) is 0 Å². The maximum Gasteiger partial charge on any atom is 0.252 e. The van der Waals surface area contributed by atoms with E-state index in [4.69, 9.17) is 4.98 Å². The van der Waals surface area contributed by atoms with E-state index in [0.29, 0.717) is 18.0 Å². The standard InChI is InChI=1S/C23H25FN4O/c1-14(2)28-21-19(12-26-28)18(11-20(27-21)15-3-4-15)22(29)25-13-23(9-10-23)16-5-7-17(24)8-6-16/h5-8,11-12,14-15H,3-4,9-10,13H2,1-2H3,(H,25,29). The quantitative estimate of drug-likeness (QED) is 0.672. The first-order valence-corrected chi connectivity index (χ1v) is 10.4. The summed E-state index contributed by atoms with van der Waals surface area (Å²) in [6.07, 6.45) is 6.01. The van der Waals surface area contributed by atoms with Gasteiger partial charge in [0.1, 0.15) is 5.82 Å². The van der Waals surface area contributed by atoms with Crippen molar-refractivity contribution in [3.63, 3.8) is 0 Å². The molecule has 0 radical (unpaired) electrons. The minimum atomic E-state index is -0.234. The summed E-state index contributed by atoms with van der Waals surface area (Å²) in [7, 11) is 0. The molecule has 6 heteroatoms. The second-order valence-electron chi connectivity index (χ2n) is 8.76. The van der Waals surface area contributed by atoms with Crippen LogP contribution >= 0.6 is 0 Å². The number of hydrogen-bond donors (Lipinski definition) is 1. The summed E-state index contributed by atoms with van der Waals surface area (Å²) in [4.78, 5) is 18.0. The number of carbonyl (C=O) groups excluding carboxylic acids is 1. The van der Waals surface area contributed by atoms with Crippen molar-refractivity contribution in [2.45, 2.75) is 56.9 Å². The average Bonchev–Trinajstić information content (AvgIpc) is 3.63. The lowest BCUT2D eigenvalue weighted by atomic mass is 9.95. The minimum absolute atomic E-state index is 0.0725. The zero-order chi connectivity index (χ0) is 20.2. The van der Waals surface area contributed by atoms with Crippen molar-refractivity contribution in [1.82, 2.24) is 20.1 Å². The molecule has 2 saturated carbocycles. The van der Waals surface area contributed by atoms with Gasteiger partial charge in [0.25, 0.3) is 5.91 Å². The first kappa shape index (κ1) is 18.3. The summed E-state index contributed by atoms with van der Waals surface area (Å²) in [5.41, 5.74) is 3.44. The molecule has 1 N–H and O–H groups in total. The average molecular weight is 392 g/mol. The zero-order valence-electron chi connectivity index (χ0n) is 16.8. The topological polar surface area (TPSA) is 59.8 Å². The normalized spacial score (nSPS) is 17.7. The second-order valence-corrected chi connectivity index (χ2v) is 8.76. The third-order valence-electron chi connectivity index (χ3n) is 6.21. The molecule has 0 bridgehead atoms. The first-order valence-electron chi connectivity index (χ1n) is 10.4. The summed E-state index contributed by atoms with van der Waals surface area (Å²) in [6, 6.07) is 8.77. The van der Waals surface area contributed by atoms with Gasteiger partial charge in [-0.25, -0.2) is 14.1 Å². The molecule has 2 aromatic heterocycles. The molecule has 150 valence electrons. The largest absolute Gasteiger partial charge is 0.351 e. The van der Waals surface area contributed by atoms with Crippen LogP contribution in [0.4, 0.5) is 4.39 Å². The fraction of sp³-hybridized carbons (Fsp3) is 0.435. The predicted molar refractivity (Wildman–Crippen MR) is 110 cm³/mol. The zero-order valence-corrected chi connectivity index (χ0v) is 16.8. The molecule has 1 amide bonds. The number of halogens is 1. The number of rotatable bonds is 6. The Kier molecular flexibility index (Phi) is 4.19. The summed E-state index contributed by atoms with van der Waals surface area (Å²) in [5.74, 6) is 0.133. The summed E-state index contributed by atoms with van der Waals surface area (Å²) < 4.78 is 15.2. The van der Waals surface area contributed by atoms with Gasteiger partial charge in [0.2, 0.25) is 0 Å². The molecular weight excluding hydrogens is 367 g/mol. The van der Waals surface area contributed by atoms with Crippen LogP contribution in [0.15, 0.2) is 36.5 Å². The van der Waals surface area contributed by atoms with Crippen molar-refractivity contribution >= 4 is 16.9 Å². The van der Waals surface area contributed by atoms with Crippen molar-refractivity contribution in [3.05, 3.63) is 59.2 Å². The maximum absolute atomic E-state index is 13.3. The van der Waals surface area contributed by atoms with Gasteiger partial charge in [-0.15, -0.1) is 0 Å². The molecule has 0 atom stereocenters. The molecule has 5 nitrogen and oxygen atoms in total. The molecule has 2 heterocycles. The molecule has 2 aliphatic carbocycles. The van der Waals surface area contributed by atoms with Crippen molar-refractivity contribution in [2.75, 3.05) is 6.54 Å². The van der Waals surface area contributed by atoms with Gasteiger partial charge in [-0.1, -0.05) is 12.1 Å². The van der Waals surface area contributed by atoms with E-state index in [1.54, 1.807) is 6.20 Å². The molecule has 0 unspecified atom stereocenters. The number of fused-ring (bicyclic) bond motifs is 1. The number of nitrogens with one attached hydrogen (secondary N) is 1. The molecule has 1 aromatic carbocycles. The van der Waals surface area contributed by atoms with E-state index in [0.717, 1.165) is 48.0 Å². The van der Waals surface area contributed by atoms with Gasteiger partial charge in [-0.05, 0) is 63.3 Å². The van der Waals surface area contributed by atoms with Crippen LogP contribution in [-0.4, -0.2) is 27.2 Å². The number of amides is 1. The minimum Gasteiger partial charge on any atom is -0.351 e. The van der Waals surface area contributed by atoms with E-state index in [1.165, 1.54) is 12.1 Å². The number of carbonyl (C=O) groups is 1. The summed E-state index contributed by atoms with van der Waals surface area (Å²) in [6.45, 7) is 4.69. The first-order chi connectivity index (χ1) is 14.0. The Morgan fingerprint density at radius 2 is 2.00 bits per heavy atom. The van der Waals surface area contributed by atoms with Crippen LogP contribution in [0.3, 0.4) is 0 Å². The van der Waals surface area contributed by atoms with E-state index in [9.17, 15) is 9.18 Å². The van der Waals surface area contributed by atoms with Crippen LogP contribution in [0.1, 0.15) is 73.1 Å². The molecular formula is C23H25FN4O. The van der Waals surface area contributed by atoms with E-state index < -0.39 is 0 Å². The number of aromatic nitrogens is 3. The van der Waals surface area contributed by atoms with Crippen molar-refractivity contribution in [2.24, 2.45) is 0 Å². The fourth-order valence-corrected chi connectivity index (χ4v) is 4.06. The van der Waals surface area contributed by atoms with Crippen molar-refractivity contribution in [3.8, 4) is 0 Å². The van der Waals surface area contributed by atoms with Crippen LogP contribution in [0.25, 0.3) is 11.0 Å². The van der Waals surface area contributed by atoms with E-state index in [-0.39, 0.29) is 23.2 Å². The highest BCUT2D eigenvalue weighted by molar-refractivity contribution is 6.05. The fourth-order valence-electron chi connectivity index (χ4n) is 4.06. The molecule has 0 saturated heterocycles. The highest BCUT2D eigenvalue weighted by Crippen LogP contribution is 2.47. The summed E-state index contributed by atoms with van der Waals surface area (Å²) >= 11 is 0. The Morgan fingerprint density at radius 3 is 2.62 bits per heavy atom. The van der Waals surface area contributed by atoms with Crippen LogP contribution in [0.2, 0.25) is 0 Å². The highest BCUT2D eigenvalue weighted by Gasteiger charge is 2.44. The molecule has 0 aliphatic heterocycles. The van der Waals surface area contributed by atoms with Gasteiger partial charge in [0.05, 0.1) is 17.1 Å². The smallest absolute Gasteiger partial charge is 0.252 e. The van der Waals surface area contributed by atoms with Gasteiger partial charge >= 0.3 is 0 Å². The van der Waals surface area contributed by atoms with Gasteiger partial charge in [0.15, 0.2) is 5.65 Å². The number of pyridine rings is 1. The lowest BCUT2D eigenvalue weighted by molar-refractivity contribution is 0.0951. The van der Waals surface area contributed by atoms with Gasteiger partial charge in [-0.2, -0.15) is 5.10 Å². The number of hydrogen-bond acceptors (Lipinski definition) is 3. The van der Waals surface area contributed by atoms with Gasteiger partial charge in [0, 0.05) is 29.6 Å². The van der Waals surface area contributed by atoms with E-state index in [2.05, 4.69) is 24.3 Å². The van der Waals surface area contributed by atoms with Crippen molar-refractivity contribution < 1.29 is 9.18 Å². The van der Waals surface area contributed by atoms with E-state index in [1.807, 2.05) is 22.9 Å². The SMILES string of the molecule is CC(C)n1ncc2c(C(=O)NCC3(c4ccc(F)cc4)CC3)cc(C3CC3)nc21. The molecule has 2 aliphatic rings. The van der Waals surface area contributed by atoms with Crippen LogP contribution < -0.4 is 5.32 Å². The Morgan fingerprint density at radius 1 is 1.28 bits per heavy atom. The molecule has 3 aromatic rings. The summed E-state index contributed by atoms with van der Waals surface area (Å²) in [5, 5.41) is 8.41. The molecule has 0 spiro atoms. The Hall–Kier alpha value is -2.76. The monoisotopic (exact) mass is 392 g/mol. The highest BCUT2D eigenvalue weighted by atomic mass is 19.1. The van der Waals surface area contributed by atoms with Crippen LogP contribution in [0.5, 0.6) is 0 Å². The second kappa shape index (κ2) is 6.65. The number of benzene rings is 1. The third-order valence-corrected chi connectivity index (χ3v) is 6.21. The predicted octanol–water partition coefficient (Wildman–Crippen LogP) is 4.49. The lowest BCUT2D eigenvalue weighted by Crippen LogP contribution is -2.32. The Bertz CT molecular complexity index is 1080. The molecule has 2 fully saturated rings. The third kappa shape index (κ3) is 3.30. The van der Waals surface area contributed by atoms with Crippen LogP contribution in [-0.2, 0) is 5.41 Å². The lowest BCUT2D eigenvalue weighted by Gasteiger charge is -2.17. The van der Waals surface area contributed by atoms with Crippen LogP contribution in [0, 0.1) is 5.82 Å². The number of nitrogens with zero attached hydrogens (tertiary/aromatic N) is 3. The maximum atomic E-state index is 13.3. The Labute approximate surface area is 169 Å². The van der Waals surface area contributed by atoms with Gasteiger partial charge < -0.3 is 5.32 Å². The van der Waals surface area contributed by atoms with Gasteiger partial charge in [-0.3, -0.25) is 4.79 Å².